The normalized spacial score (nSPS) is 16.3. The number of nitrogens with two attached hydrogens (primary N) is 1. The van der Waals surface area contributed by atoms with E-state index in [2.05, 4.69) is 10.3 Å². The molecule has 1 heterocycles. The Bertz CT molecular complexity index is 307. The first-order valence-electron chi connectivity index (χ1n) is 5.76. The van der Waals surface area contributed by atoms with Gasteiger partial charge in [0.2, 0.25) is 0 Å². The van der Waals surface area contributed by atoms with Crippen molar-refractivity contribution in [3.05, 3.63) is 24.0 Å². The summed E-state index contributed by atoms with van der Waals surface area (Å²) in [6, 6.07) is 3.77. The molecule has 1 aliphatic rings. The van der Waals surface area contributed by atoms with Gasteiger partial charge in [0, 0.05) is 12.7 Å². The lowest BCUT2D eigenvalue weighted by Crippen LogP contribution is -2.21. The van der Waals surface area contributed by atoms with Crippen LogP contribution in [0.4, 0.5) is 5.69 Å². The number of nitrogen functional groups attached to an aromatic ring is 1. The summed E-state index contributed by atoms with van der Waals surface area (Å²) in [4.78, 5) is 4.24. The first-order chi connectivity index (χ1) is 7.36. The number of rotatable bonds is 5. The molecule has 0 spiro atoms. The Morgan fingerprint density at radius 3 is 3.00 bits per heavy atom. The summed E-state index contributed by atoms with van der Waals surface area (Å²) >= 11 is 0. The highest BCUT2D eigenvalue weighted by Crippen LogP contribution is 2.28. The molecule has 0 atom stereocenters. The van der Waals surface area contributed by atoms with Crippen LogP contribution >= 0.6 is 0 Å². The van der Waals surface area contributed by atoms with Gasteiger partial charge in [0.05, 0.1) is 11.4 Å². The second-order valence-electron chi connectivity index (χ2n) is 4.30. The molecule has 0 unspecified atom stereocenters. The molecule has 3 N–H and O–H groups in total. The third-order valence-corrected chi connectivity index (χ3v) is 3.17. The third-order valence-electron chi connectivity index (χ3n) is 3.17. The summed E-state index contributed by atoms with van der Waals surface area (Å²) in [5, 5.41) is 3.40. The van der Waals surface area contributed by atoms with E-state index in [9.17, 15) is 0 Å². The van der Waals surface area contributed by atoms with Crippen molar-refractivity contribution in [2.75, 3.05) is 12.3 Å². The van der Waals surface area contributed by atoms with Gasteiger partial charge in [-0.25, -0.2) is 0 Å². The molecule has 82 valence electrons. The summed E-state index contributed by atoms with van der Waals surface area (Å²) in [6.45, 7) is 1.88. The van der Waals surface area contributed by atoms with E-state index in [0.29, 0.717) is 0 Å². The second-order valence-corrected chi connectivity index (χ2v) is 4.30. The molecule has 15 heavy (non-hydrogen) atoms. The van der Waals surface area contributed by atoms with Gasteiger partial charge in [0.25, 0.3) is 0 Å². The molecule has 0 amide bonds. The number of hydrogen-bond acceptors (Lipinski definition) is 3. The van der Waals surface area contributed by atoms with Gasteiger partial charge in [-0.1, -0.05) is 19.3 Å². The Balaban J connectivity index is 1.66. The van der Waals surface area contributed by atoms with Crippen molar-refractivity contribution in [3.63, 3.8) is 0 Å². The smallest absolute Gasteiger partial charge is 0.0770 e. The number of anilines is 1. The standard InChI is InChI=1S/C12H19N3/c13-11-5-2-7-15-12(11)9-14-8-6-10-3-1-4-10/h2,5,7,10,14H,1,3-4,6,8-9,13H2. The van der Waals surface area contributed by atoms with Crippen LogP contribution in [0.2, 0.25) is 0 Å². The molecule has 1 aliphatic carbocycles. The molecule has 0 bridgehead atoms. The van der Waals surface area contributed by atoms with Gasteiger partial charge in [-0.3, -0.25) is 4.98 Å². The van der Waals surface area contributed by atoms with Crippen LogP contribution in [0, 0.1) is 5.92 Å². The van der Waals surface area contributed by atoms with Crippen molar-refractivity contribution >= 4 is 5.69 Å². The fourth-order valence-corrected chi connectivity index (χ4v) is 1.89. The number of nitrogens with one attached hydrogen (secondary N) is 1. The molecule has 0 radical (unpaired) electrons. The Hall–Kier alpha value is -1.09. The maximum Gasteiger partial charge on any atom is 0.0770 e. The lowest BCUT2D eigenvalue weighted by atomic mass is 9.83. The Kier molecular flexibility index (Phi) is 3.56. The van der Waals surface area contributed by atoms with Crippen molar-refractivity contribution < 1.29 is 0 Å². The van der Waals surface area contributed by atoms with E-state index in [4.69, 9.17) is 5.73 Å². The predicted molar refractivity (Wildman–Crippen MR) is 62.3 cm³/mol. The second kappa shape index (κ2) is 5.12. The molecule has 0 saturated heterocycles. The van der Waals surface area contributed by atoms with E-state index < -0.39 is 0 Å². The molecular formula is C12H19N3. The number of nitrogens with zero attached hydrogens (tertiary/aromatic N) is 1. The van der Waals surface area contributed by atoms with Gasteiger partial charge in [-0.05, 0) is 31.0 Å². The molecule has 1 aromatic rings. The highest BCUT2D eigenvalue weighted by molar-refractivity contribution is 5.41. The summed E-state index contributed by atoms with van der Waals surface area (Å²) in [7, 11) is 0. The average Bonchev–Trinajstić information content (AvgIpc) is 2.17. The maximum atomic E-state index is 5.80. The summed E-state index contributed by atoms with van der Waals surface area (Å²) in [5.74, 6) is 0.971. The zero-order chi connectivity index (χ0) is 10.5. The maximum absolute atomic E-state index is 5.80. The van der Waals surface area contributed by atoms with Crippen LogP contribution < -0.4 is 11.1 Å². The van der Waals surface area contributed by atoms with E-state index in [0.717, 1.165) is 30.4 Å². The minimum absolute atomic E-state index is 0.786. The van der Waals surface area contributed by atoms with Crippen LogP contribution in [0.3, 0.4) is 0 Å². The Morgan fingerprint density at radius 1 is 1.47 bits per heavy atom. The zero-order valence-corrected chi connectivity index (χ0v) is 9.08. The molecule has 0 aromatic carbocycles. The topological polar surface area (TPSA) is 50.9 Å². The first kappa shape index (κ1) is 10.4. The van der Waals surface area contributed by atoms with E-state index in [1.807, 2.05) is 12.1 Å². The largest absolute Gasteiger partial charge is 0.397 e. The first-order valence-corrected chi connectivity index (χ1v) is 5.76. The van der Waals surface area contributed by atoms with Gasteiger partial charge in [-0.2, -0.15) is 0 Å². The molecule has 2 rings (SSSR count). The van der Waals surface area contributed by atoms with Crippen molar-refractivity contribution in [1.29, 1.82) is 0 Å². The number of hydrogen-bond donors (Lipinski definition) is 2. The monoisotopic (exact) mass is 205 g/mol. The summed E-state index contributed by atoms with van der Waals surface area (Å²) in [5.41, 5.74) is 7.55. The van der Waals surface area contributed by atoms with Gasteiger partial charge in [0.15, 0.2) is 0 Å². The SMILES string of the molecule is Nc1cccnc1CNCCC1CCC1. The van der Waals surface area contributed by atoms with Crippen LogP contribution in [0.1, 0.15) is 31.4 Å². The van der Waals surface area contributed by atoms with Crippen LogP contribution in [0.15, 0.2) is 18.3 Å². The van der Waals surface area contributed by atoms with Crippen LogP contribution in [0.5, 0.6) is 0 Å². The van der Waals surface area contributed by atoms with Crippen LogP contribution in [-0.2, 0) is 6.54 Å². The molecule has 3 heteroatoms. The van der Waals surface area contributed by atoms with Crippen LogP contribution in [-0.4, -0.2) is 11.5 Å². The summed E-state index contributed by atoms with van der Waals surface area (Å²) < 4.78 is 0. The Labute approximate surface area is 91.1 Å². The predicted octanol–water partition coefficient (Wildman–Crippen LogP) is 1.94. The van der Waals surface area contributed by atoms with Gasteiger partial charge in [0.1, 0.15) is 0 Å². The van der Waals surface area contributed by atoms with Gasteiger partial charge >= 0.3 is 0 Å². The molecule has 0 aliphatic heterocycles. The van der Waals surface area contributed by atoms with Crippen molar-refractivity contribution in [2.24, 2.45) is 5.92 Å². The van der Waals surface area contributed by atoms with Gasteiger partial charge in [-0.15, -0.1) is 0 Å². The highest BCUT2D eigenvalue weighted by Gasteiger charge is 2.16. The molecule has 3 nitrogen and oxygen atoms in total. The molecule has 1 saturated carbocycles. The molecule has 1 aromatic heterocycles. The Morgan fingerprint density at radius 2 is 2.33 bits per heavy atom. The van der Waals surface area contributed by atoms with E-state index in [1.54, 1.807) is 6.20 Å². The van der Waals surface area contributed by atoms with E-state index in [1.165, 1.54) is 25.7 Å². The van der Waals surface area contributed by atoms with E-state index >= 15 is 0 Å². The quantitative estimate of drug-likeness (QED) is 0.722. The molecule has 1 fully saturated rings. The lowest BCUT2D eigenvalue weighted by molar-refractivity contribution is 0.292. The van der Waals surface area contributed by atoms with Crippen molar-refractivity contribution in [1.82, 2.24) is 10.3 Å². The van der Waals surface area contributed by atoms with Crippen molar-refractivity contribution in [2.45, 2.75) is 32.2 Å². The fourth-order valence-electron chi connectivity index (χ4n) is 1.89. The molecular weight excluding hydrogens is 186 g/mol. The van der Waals surface area contributed by atoms with Crippen molar-refractivity contribution in [3.8, 4) is 0 Å². The highest BCUT2D eigenvalue weighted by atomic mass is 14.9. The number of aromatic nitrogens is 1. The van der Waals surface area contributed by atoms with Crippen LogP contribution in [0.25, 0.3) is 0 Å². The average molecular weight is 205 g/mol. The van der Waals surface area contributed by atoms with Gasteiger partial charge < -0.3 is 11.1 Å². The third kappa shape index (κ3) is 2.93. The minimum atomic E-state index is 0.786. The van der Waals surface area contributed by atoms with E-state index in [-0.39, 0.29) is 0 Å². The lowest BCUT2D eigenvalue weighted by Gasteiger charge is -2.25. The fraction of sp³-hybridized carbons (Fsp3) is 0.583. The zero-order valence-electron chi connectivity index (χ0n) is 9.08. The number of pyridine rings is 1. The minimum Gasteiger partial charge on any atom is -0.397 e. The summed E-state index contributed by atoms with van der Waals surface area (Å²) in [6.07, 6.45) is 7.37.